The number of allylic oxidation sites excluding steroid dienone is 2. The van der Waals surface area contributed by atoms with Crippen molar-refractivity contribution < 1.29 is 27.9 Å². The monoisotopic (exact) mass is 554 g/mol. The second-order valence-electron chi connectivity index (χ2n) is 13.5. The largest absolute Gasteiger partial charge is 0.481 e. The Labute approximate surface area is 230 Å². The lowest BCUT2D eigenvalue weighted by molar-refractivity contribution is -0.194. The van der Waals surface area contributed by atoms with Crippen molar-refractivity contribution in [2.45, 2.75) is 71.1 Å². The van der Waals surface area contributed by atoms with Crippen molar-refractivity contribution in [2.24, 2.45) is 56.9 Å². The molecule has 6 aliphatic rings. The van der Waals surface area contributed by atoms with E-state index in [4.69, 9.17) is 5.14 Å². The average Bonchev–Trinajstić information content (AvgIpc) is 3.14. The number of carbonyl (C=O) groups is 3. The number of carbonyl (C=O) groups excluding carboxylic acids is 2. The van der Waals surface area contributed by atoms with E-state index in [9.17, 15) is 27.9 Å². The van der Waals surface area contributed by atoms with Crippen LogP contribution >= 0.6 is 0 Å². The van der Waals surface area contributed by atoms with E-state index >= 15 is 0 Å². The summed E-state index contributed by atoms with van der Waals surface area (Å²) in [6, 6.07) is 5.64. The molecule has 210 valence electrons. The molecule has 4 fully saturated rings. The molecule has 1 heterocycles. The molecule has 39 heavy (non-hydrogen) atoms. The molecule has 0 aromatic heterocycles. The molecular weight excluding hydrogens is 516 g/mol. The van der Waals surface area contributed by atoms with Gasteiger partial charge in [0, 0.05) is 5.41 Å². The fourth-order valence-electron chi connectivity index (χ4n) is 10.00. The zero-order valence-electron chi connectivity index (χ0n) is 23.0. The second-order valence-corrected chi connectivity index (χ2v) is 15.1. The third-order valence-electron chi connectivity index (χ3n) is 11.6. The molecule has 1 aliphatic heterocycles. The Balaban J connectivity index is 1.46. The van der Waals surface area contributed by atoms with Crippen LogP contribution in [0.2, 0.25) is 0 Å². The highest BCUT2D eigenvalue weighted by atomic mass is 32.2. The Morgan fingerprint density at radius 2 is 1.72 bits per heavy atom. The number of nitrogens with zero attached hydrogens (tertiary/aromatic N) is 1. The minimum absolute atomic E-state index is 0.0228. The molecule has 0 unspecified atom stereocenters. The van der Waals surface area contributed by atoms with Crippen molar-refractivity contribution in [1.29, 1.82) is 0 Å². The highest BCUT2D eigenvalue weighted by Gasteiger charge is 2.73. The molecule has 1 aromatic rings. The van der Waals surface area contributed by atoms with Crippen LogP contribution in [0.15, 0.2) is 40.8 Å². The number of fused-ring (bicyclic) bond motifs is 1. The molecule has 8 nitrogen and oxygen atoms in total. The molecule has 2 bridgehead atoms. The summed E-state index contributed by atoms with van der Waals surface area (Å²) in [4.78, 5) is 42.1. The van der Waals surface area contributed by atoms with E-state index < -0.39 is 38.7 Å². The lowest BCUT2D eigenvalue weighted by Gasteiger charge is -2.68. The maximum atomic E-state index is 14.3. The number of aliphatic carboxylic acids is 1. The number of imide groups is 1. The highest BCUT2D eigenvalue weighted by molar-refractivity contribution is 7.89. The number of hydrogen-bond acceptors (Lipinski definition) is 5. The van der Waals surface area contributed by atoms with Gasteiger partial charge in [-0.05, 0) is 92.4 Å². The van der Waals surface area contributed by atoms with E-state index in [0.29, 0.717) is 18.5 Å². The molecule has 1 aromatic carbocycles. The van der Waals surface area contributed by atoms with Crippen LogP contribution in [0, 0.1) is 51.8 Å². The van der Waals surface area contributed by atoms with E-state index in [1.165, 1.54) is 34.7 Å². The van der Waals surface area contributed by atoms with Crippen molar-refractivity contribution in [3.8, 4) is 0 Å². The summed E-state index contributed by atoms with van der Waals surface area (Å²) < 4.78 is 23.5. The zero-order chi connectivity index (χ0) is 28.3. The van der Waals surface area contributed by atoms with E-state index in [1.54, 1.807) is 0 Å². The third kappa shape index (κ3) is 3.38. The van der Waals surface area contributed by atoms with Crippen molar-refractivity contribution in [3.05, 3.63) is 35.9 Å². The summed E-state index contributed by atoms with van der Waals surface area (Å²) in [5, 5.41) is 15.5. The summed E-state index contributed by atoms with van der Waals surface area (Å²) in [5.74, 6) is -1.80. The van der Waals surface area contributed by atoms with Crippen LogP contribution in [0.5, 0.6) is 0 Å². The molecule has 1 saturated heterocycles. The van der Waals surface area contributed by atoms with Crippen LogP contribution in [-0.2, 0) is 24.4 Å². The first-order valence-electron chi connectivity index (χ1n) is 14.1. The van der Waals surface area contributed by atoms with Gasteiger partial charge in [0.1, 0.15) is 0 Å². The van der Waals surface area contributed by atoms with Gasteiger partial charge in [-0.2, -0.15) is 0 Å². The molecular formula is C30H38N2O6S. The van der Waals surface area contributed by atoms with Crippen molar-refractivity contribution in [3.63, 3.8) is 0 Å². The normalized spacial score (nSPS) is 41.2. The molecule has 2 amide bonds. The fourth-order valence-corrected chi connectivity index (χ4v) is 10.5. The van der Waals surface area contributed by atoms with Crippen LogP contribution in [0.3, 0.4) is 0 Å². The number of benzene rings is 1. The first kappa shape index (κ1) is 26.7. The molecule has 5 aliphatic carbocycles. The van der Waals surface area contributed by atoms with E-state index in [1.807, 2.05) is 6.92 Å². The Morgan fingerprint density at radius 1 is 1.05 bits per heavy atom. The zero-order valence-corrected chi connectivity index (χ0v) is 23.8. The van der Waals surface area contributed by atoms with Crippen LogP contribution in [0.4, 0.5) is 5.69 Å². The Kier molecular flexibility index (Phi) is 5.65. The van der Waals surface area contributed by atoms with Crippen molar-refractivity contribution in [1.82, 2.24) is 0 Å². The number of anilines is 1. The number of primary sulfonamides is 1. The predicted molar refractivity (Wildman–Crippen MR) is 145 cm³/mol. The van der Waals surface area contributed by atoms with Crippen molar-refractivity contribution >= 4 is 33.5 Å². The second kappa shape index (κ2) is 8.26. The lowest BCUT2D eigenvalue weighted by atomic mass is 9.34. The quantitative estimate of drug-likeness (QED) is 0.420. The summed E-state index contributed by atoms with van der Waals surface area (Å²) in [6.45, 7) is 8.46. The number of carboxylic acid groups (broad SMARTS) is 1. The van der Waals surface area contributed by atoms with Gasteiger partial charge in [0.2, 0.25) is 21.8 Å². The molecule has 3 saturated carbocycles. The fraction of sp³-hybridized carbons (Fsp3) is 0.633. The van der Waals surface area contributed by atoms with Gasteiger partial charge in [-0.25, -0.2) is 13.6 Å². The summed E-state index contributed by atoms with van der Waals surface area (Å²) in [6.07, 6.45) is 7.01. The van der Waals surface area contributed by atoms with Gasteiger partial charge in [-0.1, -0.05) is 38.8 Å². The highest BCUT2D eigenvalue weighted by Crippen LogP contribution is 2.74. The average molecular weight is 555 g/mol. The van der Waals surface area contributed by atoms with Crippen LogP contribution in [-0.4, -0.2) is 31.3 Å². The molecule has 0 radical (unpaired) electrons. The SMILES string of the molecule is CC(C)C1=C[C@@]23CC[C@@H]4[C@](C)(CCC[C@@]4(C)C(=O)O)[C@H]2C[C@H]1[C@H]1C(=O)N(c2ccc(S(N)(=O)=O)cc2)C(=O)[C@H]13. The lowest BCUT2D eigenvalue weighted by Crippen LogP contribution is -2.65. The van der Waals surface area contributed by atoms with Gasteiger partial charge >= 0.3 is 5.97 Å². The maximum absolute atomic E-state index is 14.3. The third-order valence-corrected chi connectivity index (χ3v) is 12.5. The minimum Gasteiger partial charge on any atom is -0.481 e. The summed E-state index contributed by atoms with van der Waals surface area (Å²) >= 11 is 0. The van der Waals surface area contributed by atoms with Crippen molar-refractivity contribution in [2.75, 3.05) is 4.90 Å². The Bertz CT molecular complexity index is 1420. The smallest absolute Gasteiger partial charge is 0.309 e. The van der Waals surface area contributed by atoms with Gasteiger partial charge in [-0.15, -0.1) is 0 Å². The standard InChI is InChI=1S/C30H38N2O6S/c1-16(2)20-15-30-13-10-21-28(3,11-5-12-29(21,4)27(35)36)22(30)14-19(20)23-24(30)26(34)32(25(23)33)17-6-8-18(9-7-17)39(31,37)38/h6-9,15-16,19,21-24H,5,10-14H2,1-4H3,(H,35,36)(H2,31,37,38)/t19-,21-,22-,23-,24+,28+,29-,30+/m1/s1. The molecule has 7 rings (SSSR count). The number of nitrogens with two attached hydrogens (primary N) is 1. The van der Waals surface area contributed by atoms with Crippen LogP contribution < -0.4 is 10.0 Å². The van der Waals surface area contributed by atoms with Gasteiger partial charge in [0.25, 0.3) is 0 Å². The first-order valence-corrected chi connectivity index (χ1v) is 15.7. The summed E-state index contributed by atoms with van der Waals surface area (Å²) in [7, 11) is -3.90. The molecule has 9 heteroatoms. The van der Waals surface area contributed by atoms with Gasteiger partial charge in [-0.3, -0.25) is 19.3 Å². The molecule has 3 N–H and O–H groups in total. The van der Waals surface area contributed by atoms with E-state index in [-0.39, 0.29) is 45.8 Å². The number of amides is 2. The topological polar surface area (TPSA) is 135 Å². The number of rotatable bonds is 4. The predicted octanol–water partition coefficient (Wildman–Crippen LogP) is 4.35. The maximum Gasteiger partial charge on any atom is 0.309 e. The minimum atomic E-state index is -3.90. The van der Waals surface area contributed by atoms with Gasteiger partial charge in [0.05, 0.1) is 27.8 Å². The molecule has 1 spiro atoms. The van der Waals surface area contributed by atoms with Gasteiger partial charge in [0.15, 0.2) is 0 Å². The van der Waals surface area contributed by atoms with E-state index in [2.05, 4.69) is 26.8 Å². The Hall–Kier alpha value is -2.52. The first-order chi connectivity index (χ1) is 18.2. The number of carboxylic acids is 1. The van der Waals surface area contributed by atoms with Crippen LogP contribution in [0.25, 0.3) is 0 Å². The van der Waals surface area contributed by atoms with Gasteiger partial charge < -0.3 is 5.11 Å². The molecule has 8 atom stereocenters. The Morgan fingerprint density at radius 3 is 2.31 bits per heavy atom. The van der Waals surface area contributed by atoms with Crippen LogP contribution in [0.1, 0.15) is 66.2 Å². The number of sulfonamides is 1. The number of hydrogen-bond donors (Lipinski definition) is 2. The van der Waals surface area contributed by atoms with E-state index in [0.717, 1.165) is 25.7 Å². The summed E-state index contributed by atoms with van der Waals surface area (Å²) in [5.41, 5.74) is 0.0882.